The number of thioether (sulfide) groups is 2. The first-order valence-corrected chi connectivity index (χ1v) is 17.4. The van der Waals surface area contributed by atoms with Gasteiger partial charge < -0.3 is 35.4 Å². The zero-order valence-corrected chi connectivity index (χ0v) is 26.6. The summed E-state index contributed by atoms with van der Waals surface area (Å²) in [7, 11) is 1.96. The largest absolute Gasteiger partial charge is 0.394 e. The molecule has 0 aromatic heterocycles. The van der Waals surface area contributed by atoms with Gasteiger partial charge in [0.05, 0.1) is 47.6 Å². The quantitative estimate of drug-likeness (QED) is 0.150. The van der Waals surface area contributed by atoms with Gasteiger partial charge in [-0.25, -0.2) is 0 Å². The third kappa shape index (κ3) is 11.0. The molecule has 2 heterocycles. The van der Waals surface area contributed by atoms with Crippen LogP contribution in [0.15, 0.2) is 30.3 Å². The van der Waals surface area contributed by atoms with E-state index in [-0.39, 0.29) is 41.3 Å². The first-order chi connectivity index (χ1) is 19.9. The second-order valence-corrected chi connectivity index (χ2v) is 13.8. The molecule has 0 radical (unpaired) electrons. The molecule has 8 nitrogen and oxygen atoms in total. The average Bonchev–Trinajstić information content (AvgIpc) is 3.43. The number of amides is 1. The summed E-state index contributed by atoms with van der Waals surface area (Å²) in [5.74, 6) is 2.32. The molecule has 2 aliphatic heterocycles. The van der Waals surface area contributed by atoms with Crippen LogP contribution in [0.2, 0.25) is 0 Å². The number of rotatable bonds is 19. The fraction of sp³-hybridized carbons (Fsp3) is 0.774. The van der Waals surface area contributed by atoms with Crippen molar-refractivity contribution >= 4 is 29.4 Å². The topological polar surface area (TPSA) is 120 Å². The summed E-state index contributed by atoms with van der Waals surface area (Å²) in [6.07, 6.45) is 3.83. The molecule has 3 rings (SSSR count). The molecular formula is C31H52N2O6S2. The molecule has 0 aliphatic carbocycles. The van der Waals surface area contributed by atoms with E-state index in [1.807, 2.05) is 37.0 Å². The van der Waals surface area contributed by atoms with Crippen molar-refractivity contribution in [2.45, 2.75) is 106 Å². The maximum atomic E-state index is 12.5. The number of nitrogens with one attached hydrogen (secondary N) is 2. The molecule has 9 atom stereocenters. The molecule has 0 bridgehead atoms. The molecule has 10 heteroatoms. The molecule has 3 unspecified atom stereocenters. The highest BCUT2D eigenvalue weighted by Crippen LogP contribution is 2.35. The van der Waals surface area contributed by atoms with Crippen molar-refractivity contribution in [1.82, 2.24) is 10.6 Å². The first kappa shape index (κ1) is 34.6. The Morgan fingerprint density at radius 2 is 1.71 bits per heavy atom. The van der Waals surface area contributed by atoms with E-state index >= 15 is 0 Å². The van der Waals surface area contributed by atoms with Gasteiger partial charge in [-0.15, -0.1) is 0 Å². The summed E-state index contributed by atoms with van der Waals surface area (Å²) in [5, 5.41) is 37.3. The van der Waals surface area contributed by atoms with E-state index in [4.69, 9.17) is 9.47 Å². The second kappa shape index (κ2) is 18.7. The molecule has 2 fully saturated rings. The minimum Gasteiger partial charge on any atom is -0.394 e. The van der Waals surface area contributed by atoms with Crippen LogP contribution in [-0.4, -0.2) is 107 Å². The van der Waals surface area contributed by atoms with Crippen molar-refractivity contribution in [1.29, 1.82) is 0 Å². The summed E-state index contributed by atoms with van der Waals surface area (Å²) in [4.78, 5) is 12.5. The molecule has 1 aromatic carbocycles. The molecule has 0 saturated carbocycles. The summed E-state index contributed by atoms with van der Waals surface area (Å²) >= 11 is 3.49. The van der Waals surface area contributed by atoms with Gasteiger partial charge in [0, 0.05) is 13.0 Å². The zero-order valence-electron chi connectivity index (χ0n) is 25.0. The molecule has 2 aliphatic rings. The monoisotopic (exact) mass is 612 g/mol. The van der Waals surface area contributed by atoms with Crippen molar-refractivity contribution in [3.8, 4) is 0 Å². The van der Waals surface area contributed by atoms with Crippen LogP contribution in [0.5, 0.6) is 0 Å². The highest BCUT2D eigenvalue weighted by Gasteiger charge is 2.43. The van der Waals surface area contributed by atoms with Gasteiger partial charge in [0.2, 0.25) is 5.91 Å². The van der Waals surface area contributed by atoms with E-state index in [9.17, 15) is 20.1 Å². The summed E-state index contributed by atoms with van der Waals surface area (Å²) in [5.41, 5.74) is 1.15. The van der Waals surface area contributed by atoms with Crippen LogP contribution >= 0.6 is 23.5 Å². The lowest BCUT2D eigenvalue weighted by molar-refractivity contribution is -0.121. The van der Waals surface area contributed by atoms with Crippen LogP contribution in [0, 0.1) is 5.92 Å². The van der Waals surface area contributed by atoms with E-state index in [1.165, 1.54) is 0 Å². The third-order valence-electron chi connectivity index (χ3n) is 8.18. The van der Waals surface area contributed by atoms with Crippen molar-refractivity contribution in [3.63, 3.8) is 0 Å². The van der Waals surface area contributed by atoms with Crippen LogP contribution in [0.4, 0.5) is 0 Å². The molecule has 5 N–H and O–H groups in total. The van der Waals surface area contributed by atoms with Crippen LogP contribution in [0.1, 0.15) is 57.9 Å². The molecular weight excluding hydrogens is 560 g/mol. The molecule has 2 saturated heterocycles. The molecule has 1 aromatic rings. The second-order valence-electron chi connectivity index (χ2n) is 11.3. The number of ether oxygens (including phenoxy) is 2. The summed E-state index contributed by atoms with van der Waals surface area (Å²) in [6.45, 7) is 5.51. The summed E-state index contributed by atoms with van der Waals surface area (Å²) in [6, 6.07) is 10.1. The van der Waals surface area contributed by atoms with E-state index in [1.54, 1.807) is 11.8 Å². The maximum Gasteiger partial charge on any atom is 0.219 e. The average molecular weight is 613 g/mol. The fourth-order valence-electron chi connectivity index (χ4n) is 5.69. The Bertz CT molecular complexity index is 868. The number of hydrogen-bond donors (Lipinski definition) is 5. The Hall–Kier alpha value is -0.850. The Balaban J connectivity index is 1.32. The number of hydrogen-bond acceptors (Lipinski definition) is 9. The third-order valence-corrected chi connectivity index (χ3v) is 11.4. The Labute approximate surface area is 255 Å². The zero-order chi connectivity index (χ0) is 29.6. The maximum absolute atomic E-state index is 12.5. The molecule has 41 heavy (non-hydrogen) atoms. The number of unbranched alkanes of at least 4 members (excludes halogenated alkanes) is 1. The molecule has 0 spiro atoms. The minimum absolute atomic E-state index is 0.0538. The van der Waals surface area contributed by atoms with Gasteiger partial charge in [-0.2, -0.15) is 23.5 Å². The predicted octanol–water partition coefficient (Wildman–Crippen LogP) is 3.01. The van der Waals surface area contributed by atoms with Gasteiger partial charge in [-0.1, -0.05) is 37.3 Å². The van der Waals surface area contributed by atoms with Crippen LogP contribution in [-0.2, 0) is 20.7 Å². The fourth-order valence-corrected chi connectivity index (χ4v) is 8.62. The Morgan fingerprint density at radius 1 is 0.976 bits per heavy atom. The Morgan fingerprint density at radius 3 is 2.39 bits per heavy atom. The van der Waals surface area contributed by atoms with Crippen molar-refractivity contribution < 1.29 is 29.6 Å². The van der Waals surface area contributed by atoms with Gasteiger partial charge in [0.15, 0.2) is 0 Å². The smallest absolute Gasteiger partial charge is 0.219 e. The van der Waals surface area contributed by atoms with Crippen LogP contribution < -0.4 is 10.6 Å². The molecule has 234 valence electrons. The van der Waals surface area contributed by atoms with E-state index < -0.39 is 18.3 Å². The van der Waals surface area contributed by atoms with Gasteiger partial charge >= 0.3 is 0 Å². The Kier molecular flexibility index (Phi) is 15.8. The SMILES string of the molecule is CC[C@H]1O[C@@H](C)[C@@H](SCC(CCNC)CCNC(=O)CCCCS[C@H]2C(O)[C@@H](CO)O[C@H]2Cc2ccccc2)C1O. The highest BCUT2D eigenvalue weighted by molar-refractivity contribution is 8.00. The minimum atomic E-state index is -0.697. The predicted molar refractivity (Wildman–Crippen MR) is 169 cm³/mol. The number of benzene rings is 1. The standard InChI is InChI=1S/C31H52N2O6S2/c1-4-24-28(36)30(21(2)38-24)41-20-23(13-15-32-3)14-16-33-27(35)12-8-9-17-40-31-25(39-26(19-34)29(31)37)18-22-10-6-5-7-11-22/h5-7,10-11,21,23-26,28-32,34,36-37H,4,8-9,12-20H2,1-3H3,(H,33,35)/t21-,23?,24+,25-,26+,28?,29?,30+,31+/m0/s1. The lowest BCUT2D eigenvalue weighted by Gasteiger charge is -2.22. The summed E-state index contributed by atoms with van der Waals surface area (Å²) < 4.78 is 11.9. The number of carbonyl (C=O) groups excluding carboxylic acids is 1. The first-order valence-electron chi connectivity index (χ1n) is 15.3. The lowest BCUT2D eigenvalue weighted by atomic mass is 10.0. The number of aliphatic hydroxyl groups excluding tert-OH is 3. The van der Waals surface area contributed by atoms with Gasteiger partial charge in [0.25, 0.3) is 0 Å². The van der Waals surface area contributed by atoms with Crippen molar-refractivity contribution in [3.05, 3.63) is 35.9 Å². The van der Waals surface area contributed by atoms with Crippen LogP contribution in [0.3, 0.4) is 0 Å². The van der Waals surface area contributed by atoms with Gasteiger partial charge in [-0.3, -0.25) is 4.79 Å². The van der Waals surface area contributed by atoms with Crippen molar-refractivity contribution in [2.24, 2.45) is 5.92 Å². The normalized spacial score (nSPS) is 30.5. The van der Waals surface area contributed by atoms with Gasteiger partial charge in [-0.05, 0) is 82.0 Å². The lowest BCUT2D eigenvalue weighted by Crippen LogP contribution is -2.32. The van der Waals surface area contributed by atoms with Crippen LogP contribution in [0.25, 0.3) is 0 Å². The number of carbonyl (C=O) groups is 1. The van der Waals surface area contributed by atoms with Gasteiger partial charge in [0.1, 0.15) is 6.10 Å². The van der Waals surface area contributed by atoms with E-state index in [2.05, 4.69) is 36.6 Å². The van der Waals surface area contributed by atoms with Crippen molar-refractivity contribution in [2.75, 3.05) is 38.2 Å². The van der Waals surface area contributed by atoms with E-state index in [0.29, 0.717) is 25.3 Å². The highest BCUT2D eigenvalue weighted by atomic mass is 32.2. The molecule has 1 amide bonds. The number of aliphatic hydroxyl groups is 3. The van der Waals surface area contributed by atoms with E-state index in [0.717, 1.165) is 55.7 Å².